The van der Waals surface area contributed by atoms with Crippen molar-refractivity contribution in [2.75, 3.05) is 10.6 Å². The van der Waals surface area contributed by atoms with Crippen molar-refractivity contribution in [2.24, 2.45) is 0 Å². The zero-order chi connectivity index (χ0) is 20.2. The van der Waals surface area contributed by atoms with Gasteiger partial charge >= 0.3 is 6.03 Å². The molecule has 0 saturated heterocycles. The molecule has 0 aliphatic carbocycles. The smallest absolute Gasteiger partial charge is 0.323 e. The van der Waals surface area contributed by atoms with Crippen LogP contribution in [0.3, 0.4) is 0 Å². The van der Waals surface area contributed by atoms with E-state index < -0.39 is 0 Å². The van der Waals surface area contributed by atoms with Gasteiger partial charge in [-0.05, 0) is 31.2 Å². The monoisotopic (exact) mass is 406 g/mol. The molecule has 0 aliphatic heterocycles. The van der Waals surface area contributed by atoms with Crippen molar-refractivity contribution in [3.8, 4) is 0 Å². The number of carbonyl (C=O) groups is 1. The third kappa shape index (κ3) is 4.49. The van der Waals surface area contributed by atoms with Gasteiger partial charge in [0.05, 0.1) is 11.4 Å². The summed E-state index contributed by atoms with van der Waals surface area (Å²) in [4.78, 5) is 29.8. The van der Waals surface area contributed by atoms with Crippen molar-refractivity contribution in [1.29, 1.82) is 0 Å². The van der Waals surface area contributed by atoms with Gasteiger partial charge in [0.25, 0.3) is 5.56 Å². The molecule has 0 atom stereocenters. The third-order valence-corrected chi connectivity index (χ3v) is 5.17. The lowest BCUT2D eigenvalue weighted by Crippen LogP contribution is -2.19. The first kappa shape index (κ1) is 18.8. The summed E-state index contributed by atoms with van der Waals surface area (Å²) in [6.45, 7) is 1.77. The van der Waals surface area contributed by atoms with E-state index in [-0.39, 0.29) is 11.6 Å². The Morgan fingerprint density at radius 2 is 1.83 bits per heavy atom. The van der Waals surface area contributed by atoms with Crippen molar-refractivity contribution in [1.82, 2.24) is 9.56 Å². The number of nitrogens with one attached hydrogen (secondary N) is 2. The molecule has 0 saturated carbocycles. The van der Waals surface area contributed by atoms with E-state index in [1.165, 1.54) is 22.4 Å². The number of aromatic nitrogens is 2. The van der Waals surface area contributed by atoms with E-state index in [0.29, 0.717) is 34.2 Å². The van der Waals surface area contributed by atoms with Gasteiger partial charge in [-0.1, -0.05) is 30.3 Å². The summed E-state index contributed by atoms with van der Waals surface area (Å²) in [5.41, 5.74) is 2.27. The van der Waals surface area contributed by atoms with Gasteiger partial charge in [-0.15, -0.1) is 16.3 Å². The number of urea groups is 1. The Morgan fingerprint density at radius 1 is 1.07 bits per heavy atom. The van der Waals surface area contributed by atoms with Crippen molar-refractivity contribution < 1.29 is 9.32 Å². The second-order valence-electron chi connectivity index (χ2n) is 6.31. The van der Waals surface area contributed by atoms with E-state index in [4.69, 9.17) is 4.52 Å². The number of benzene rings is 2. The molecule has 146 valence electrons. The van der Waals surface area contributed by atoms with E-state index in [0.717, 1.165) is 4.90 Å². The van der Waals surface area contributed by atoms with Gasteiger partial charge in [0, 0.05) is 28.5 Å². The second-order valence-corrected chi connectivity index (χ2v) is 7.33. The van der Waals surface area contributed by atoms with Crippen LogP contribution in [0, 0.1) is 6.92 Å². The average Bonchev–Trinajstić information content (AvgIpc) is 3.09. The van der Waals surface area contributed by atoms with Crippen molar-refractivity contribution in [2.45, 2.75) is 17.6 Å². The fraction of sp³-hybridized carbons (Fsp3) is 0.0952. The predicted octanol–water partition coefficient (Wildman–Crippen LogP) is 4.53. The molecular weight excluding hydrogens is 388 g/mol. The zero-order valence-corrected chi connectivity index (χ0v) is 16.4. The highest BCUT2D eigenvalue weighted by Gasteiger charge is 2.10. The lowest BCUT2D eigenvalue weighted by molar-refractivity contribution is 0.262. The summed E-state index contributed by atoms with van der Waals surface area (Å²) in [5.74, 6) is 1.10. The van der Waals surface area contributed by atoms with Crippen LogP contribution in [0.25, 0.3) is 5.65 Å². The second kappa shape index (κ2) is 8.24. The Morgan fingerprint density at radius 3 is 2.66 bits per heavy atom. The number of carbonyl (C=O) groups excluding carboxylic acids is 1. The number of nitrogens with zero attached hydrogens (tertiary/aromatic N) is 2. The Balaban J connectivity index is 1.47. The average molecular weight is 406 g/mol. The number of aryl methyl sites for hydroxylation is 1. The number of para-hydroxylation sites is 2. The Labute approximate surface area is 170 Å². The molecule has 2 N–H and O–H groups in total. The Bertz CT molecular complexity index is 1220. The topological polar surface area (TPSA) is 88.6 Å². The van der Waals surface area contributed by atoms with E-state index in [2.05, 4.69) is 15.6 Å². The molecule has 0 fully saturated rings. The minimum atomic E-state index is -0.323. The SMILES string of the molecule is Cc1cc2nc(CSc3ccccc3NC(=O)Nc3ccccc3)cc(=O)n2o1. The summed E-state index contributed by atoms with van der Waals surface area (Å²) in [7, 11) is 0. The summed E-state index contributed by atoms with van der Waals surface area (Å²) < 4.78 is 6.48. The molecule has 7 nitrogen and oxygen atoms in total. The van der Waals surface area contributed by atoms with Gasteiger partial charge in [0.1, 0.15) is 5.76 Å². The van der Waals surface area contributed by atoms with Crippen LogP contribution in [-0.2, 0) is 5.75 Å². The van der Waals surface area contributed by atoms with Gasteiger partial charge in [0.15, 0.2) is 5.65 Å². The highest BCUT2D eigenvalue weighted by atomic mass is 32.2. The van der Waals surface area contributed by atoms with E-state index in [9.17, 15) is 9.59 Å². The molecular formula is C21H18N4O3S. The molecule has 29 heavy (non-hydrogen) atoms. The van der Waals surface area contributed by atoms with Crippen LogP contribution < -0.4 is 16.2 Å². The van der Waals surface area contributed by atoms with Crippen LogP contribution in [0.15, 0.2) is 80.9 Å². The molecule has 2 aromatic heterocycles. The molecule has 8 heteroatoms. The molecule has 0 bridgehead atoms. The minimum absolute atomic E-state index is 0.257. The number of thioether (sulfide) groups is 1. The fourth-order valence-corrected chi connectivity index (χ4v) is 3.70. The number of hydrogen-bond acceptors (Lipinski definition) is 5. The highest BCUT2D eigenvalue weighted by molar-refractivity contribution is 7.98. The van der Waals surface area contributed by atoms with Gasteiger partial charge in [-0.3, -0.25) is 4.79 Å². The van der Waals surface area contributed by atoms with Crippen LogP contribution in [0.1, 0.15) is 11.5 Å². The minimum Gasteiger partial charge on any atom is -0.375 e. The summed E-state index contributed by atoms with van der Waals surface area (Å²) >= 11 is 1.49. The fourth-order valence-electron chi connectivity index (χ4n) is 2.80. The number of fused-ring (bicyclic) bond motifs is 1. The van der Waals surface area contributed by atoms with Crippen molar-refractivity contribution >= 4 is 34.8 Å². The molecule has 2 amide bonds. The molecule has 4 aromatic rings. The lowest BCUT2D eigenvalue weighted by Gasteiger charge is -2.11. The number of rotatable bonds is 5. The summed E-state index contributed by atoms with van der Waals surface area (Å²) in [6, 6.07) is 19.6. The van der Waals surface area contributed by atoms with Crippen LogP contribution in [0.2, 0.25) is 0 Å². The molecule has 2 heterocycles. The molecule has 0 spiro atoms. The summed E-state index contributed by atoms with van der Waals surface area (Å²) in [5, 5.41) is 5.66. The van der Waals surface area contributed by atoms with Crippen molar-refractivity contribution in [3.63, 3.8) is 0 Å². The maximum Gasteiger partial charge on any atom is 0.323 e. The number of amides is 2. The Kier molecular flexibility index (Phi) is 5.35. The number of anilines is 2. The maximum absolute atomic E-state index is 12.3. The largest absolute Gasteiger partial charge is 0.375 e. The van der Waals surface area contributed by atoms with Gasteiger partial charge in [0.2, 0.25) is 0 Å². The van der Waals surface area contributed by atoms with E-state index in [1.807, 2.05) is 54.6 Å². The first-order valence-corrected chi connectivity index (χ1v) is 9.91. The lowest BCUT2D eigenvalue weighted by atomic mass is 10.3. The first-order chi connectivity index (χ1) is 14.1. The quantitative estimate of drug-likeness (QED) is 0.475. The molecule has 4 rings (SSSR count). The van der Waals surface area contributed by atoms with Crippen LogP contribution in [0.5, 0.6) is 0 Å². The van der Waals surface area contributed by atoms with Crippen molar-refractivity contribution in [3.05, 3.63) is 88.5 Å². The summed E-state index contributed by atoms with van der Waals surface area (Å²) in [6.07, 6.45) is 0. The third-order valence-electron chi connectivity index (χ3n) is 4.07. The standard InChI is InChI=1S/C21H18N4O3S/c1-14-11-19-22-16(12-20(26)25(19)28-14)13-29-18-10-6-5-9-17(18)24-21(27)23-15-7-3-2-4-8-15/h2-12H,13H2,1H3,(H2,23,24,27). The van der Waals surface area contributed by atoms with Crippen LogP contribution in [-0.4, -0.2) is 15.6 Å². The van der Waals surface area contributed by atoms with Gasteiger partial charge < -0.3 is 15.2 Å². The highest BCUT2D eigenvalue weighted by Crippen LogP contribution is 2.29. The molecule has 0 aliphatic rings. The van der Waals surface area contributed by atoms with Crippen LogP contribution >= 0.6 is 11.8 Å². The normalized spacial score (nSPS) is 10.8. The van der Waals surface area contributed by atoms with E-state index >= 15 is 0 Å². The Hall–Kier alpha value is -3.52. The number of hydrogen-bond donors (Lipinski definition) is 2. The van der Waals surface area contributed by atoms with Crippen LogP contribution in [0.4, 0.5) is 16.2 Å². The maximum atomic E-state index is 12.3. The molecule has 2 aromatic carbocycles. The molecule has 0 radical (unpaired) electrons. The zero-order valence-electron chi connectivity index (χ0n) is 15.6. The first-order valence-electron chi connectivity index (χ1n) is 8.93. The predicted molar refractivity (Wildman–Crippen MR) is 114 cm³/mol. The van der Waals surface area contributed by atoms with E-state index in [1.54, 1.807) is 13.0 Å². The van der Waals surface area contributed by atoms with Gasteiger partial charge in [-0.2, -0.15) is 0 Å². The van der Waals surface area contributed by atoms with Gasteiger partial charge in [-0.25, -0.2) is 9.78 Å². The molecule has 0 unspecified atom stereocenters.